The molecule has 1 heterocycles. The second kappa shape index (κ2) is 8.87. The molecule has 0 aliphatic rings. The number of aryl methyl sites for hydroxylation is 1. The number of carbonyl (C=O) groups excluding carboxylic acids is 1. The van der Waals surface area contributed by atoms with E-state index in [1.165, 1.54) is 12.1 Å². The standard InChI is InChI=1S/C24H27FN2O/c1-4-5-6-14-26-24(28)22-16-23(19-10-12-20(25)13-11-19)27(18(22)3)21-9-7-8-17(2)15-21/h7-13,15-16H,4-6,14H2,1-3H3,(H,26,28). The lowest BCUT2D eigenvalue weighted by Gasteiger charge is -2.13. The summed E-state index contributed by atoms with van der Waals surface area (Å²) in [6, 6.07) is 16.5. The summed E-state index contributed by atoms with van der Waals surface area (Å²) in [4.78, 5) is 12.8. The Morgan fingerprint density at radius 2 is 1.79 bits per heavy atom. The van der Waals surface area contributed by atoms with Crippen molar-refractivity contribution < 1.29 is 9.18 Å². The second-order valence-corrected chi connectivity index (χ2v) is 7.17. The number of hydrogen-bond acceptors (Lipinski definition) is 1. The van der Waals surface area contributed by atoms with Crippen molar-refractivity contribution >= 4 is 5.91 Å². The van der Waals surface area contributed by atoms with Gasteiger partial charge in [-0.25, -0.2) is 4.39 Å². The molecule has 146 valence electrons. The van der Waals surface area contributed by atoms with Crippen LogP contribution < -0.4 is 5.32 Å². The fraction of sp³-hybridized carbons (Fsp3) is 0.292. The van der Waals surface area contributed by atoms with E-state index < -0.39 is 0 Å². The molecular weight excluding hydrogens is 351 g/mol. The average molecular weight is 378 g/mol. The fourth-order valence-corrected chi connectivity index (χ4v) is 3.44. The summed E-state index contributed by atoms with van der Waals surface area (Å²) in [5, 5.41) is 3.03. The van der Waals surface area contributed by atoms with Crippen LogP contribution in [0.4, 0.5) is 4.39 Å². The van der Waals surface area contributed by atoms with E-state index in [1.807, 2.05) is 38.1 Å². The van der Waals surface area contributed by atoms with Crippen LogP contribution in [0.2, 0.25) is 0 Å². The molecule has 0 bridgehead atoms. The molecule has 1 aromatic heterocycles. The van der Waals surface area contributed by atoms with Crippen LogP contribution in [0.15, 0.2) is 54.6 Å². The first kappa shape index (κ1) is 19.9. The van der Waals surface area contributed by atoms with Gasteiger partial charge < -0.3 is 9.88 Å². The van der Waals surface area contributed by atoms with Gasteiger partial charge in [-0.15, -0.1) is 0 Å². The first-order valence-corrected chi connectivity index (χ1v) is 9.84. The van der Waals surface area contributed by atoms with Crippen LogP contribution in [0.5, 0.6) is 0 Å². The number of hydrogen-bond donors (Lipinski definition) is 1. The van der Waals surface area contributed by atoms with Gasteiger partial charge in [0.05, 0.1) is 11.3 Å². The van der Waals surface area contributed by atoms with E-state index in [-0.39, 0.29) is 11.7 Å². The number of nitrogens with one attached hydrogen (secondary N) is 1. The van der Waals surface area contributed by atoms with Crippen LogP contribution in [0, 0.1) is 19.7 Å². The Morgan fingerprint density at radius 3 is 2.46 bits per heavy atom. The van der Waals surface area contributed by atoms with Gasteiger partial charge in [-0.05, 0) is 73.9 Å². The van der Waals surface area contributed by atoms with E-state index in [2.05, 4.69) is 22.9 Å². The minimum Gasteiger partial charge on any atom is -0.352 e. The maximum absolute atomic E-state index is 13.4. The Hall–Kier alpha value is -2.88. The van der Waals surface area contributed by atoms with Crippen molar-refractivity contribution in [3.63, 3.8) is 0 Å². The highest BCUT2D eigenvalue weighted by atomic mass is 19.1. The second-order valence-electron chi connectivity index (χ2n) is 7.17. The monoisotopic (exact) mass is 378 g/mol. The maximum Gasteiger partial charge on any atom is 0.253 e. The highest BCUT2D eigenvalue weighted by Gasteiger charge is 2.19. The molecule has 0 aliphatic carbocycles. The summed E-state index contributed by atoms with van der Waals surface area (Å²) in [6.07, 6.45) is 3.20. The SMILES string of the molecule is CCCCCNC(=O)c1cc(-c2ccc(F)cc2)n(-c2cccc(C)c2)c1C. The summed E-state index contributed by atoms with van der Waals surface area (Å²) in [6.45, 7) is 6.81. The number of carbonyl (C=O) groups is 1. The van der Waals surface area contributed by atoms with Crippen molar-refractivity contribution in [3.05, 3.63) is 77.2 Å². The van der Waals surface area contributed by atoms with E-state index in [1.54, 1.807) is 12.1 Å². The molecule has 0 spiro atoms. The normalized spacial score (nSPS) is 10.9. The first-order chi connectivity index (χ1) is 13.5. The largest absolute Gasteiger partial charge is 0.352 e. The van der Waals surface area contributed by atoms with Gasteiger partial charge in [0.15, 0.2) is 0 Å². The van der Waals surface area contributed by atoms with Crippen LogP contribution in [-0.4, -0.2) is 17.0 Å². The number of benzene rings is 2. The van der Waals surface area contributed by atoms with E-state index in [0.717, 1.165) is 47.5 Å². The predicted molar refractivity (Wildman–Crippen MR) is 112 cm³/mol. The third kappa shape index (κ3) is 4.33. The van der Waals surface area contributed by atoms with Gasteiger partial charge in [0.2, 0.25) is 0 Å². The number of nitrogens with zero attached hydrogens (tertiary/aromatic N) is 1. The van der Waals surface area contributed by atoms with Crippen LogP contribution >= 0.6 is 0 Å². The molecule has 28 heavy (non-hydrogen) atoms. The number of rotatable bonds is 7. The molecule has 0 fully saturated rings. The Morgan fingerprint density at radius 1 is 1.04 bits per heavy atom. The zero-order valence-corrected chi connectivity index (χ0v) is 16.8. The van der Waals surface area contributed by atoms with E-state index >= 15 is 0 Å². The molecule has 0 radical (unpaired) electrons. The molecule has 4 heteroatoms. The third-order valence-corrected chi connectivity index (χ3v) is 4.96. The zero-order valence-electron chi connectivity index (χ0n) is 16.8. The van der Waals surface area contributed by atoms with Crippen LogP contribution in [-0.2, 0) is 0 Å². The Bertz CT molecular complexity index is 957. The van der Waals surface area contributed by atoms with E-state index in [0.29, 0.717) is 12.1 Å². The highest BCUT2D eigenvalue weighted by molar-refractivity contribution is 5.97. The molecule has 0 atom stereocenters. The maximum atomic E-state index is 13.4. The van der Waals surface area contributed by atoms with Crippen LogP contribution in [0.3, 0.4) is 0 Å². The van der Waals surface area contributed by atoms with Crippen molar-refractivity contribution in [2.45, 2.75) is 40.0 Å². The lowest BCUT2D eigenvalue weighted by atomic mass is 10.1. The molecule has 2 aromatic carbocycles. The fourth-order valence-electron chi connectivity index (χ4n) is 3.44. The quantitative estimate of drug-likeness (QED) is 0.516. The molecule has 1 N–H and O–H groups in total. The molecule has 3 aromatic rings. The predicted octanol–water partition coefficient (Wildman–Crippen LogP) is 5.82. The minimum absolute atomic E-state index is 0.0663. The van der Waals surface area contributed by atoms with Crippen molar-refractivity contribution in [1.82, 2.24) is 9.88 Å². The molecule has 0 unspecified atom stereocenters. The van der Waals surface area contributed by atoms with E-state index in [9.17, 15) is 9.18 Å². The highest BCUT2D eigenvalue weighted by Crippen LogP contribution is 2.30. The Labute approximate surface area is 166 Å². The Balaban J connectivity index is 2.04. The van der Waals surface area contributed by atoms with E-state index in [4.69, 9.17) is 0 Å². The van der Waals surface area contributed by atoms with Crippen LogP contribution in [0.1, 0.15) is 47.8 Å². The molecule has 3 rings (SSSR count). The molecular formula is C24H27FN2O. The average Bonchev–Trinajstić information content (AvgIpc) is 3.03. The van der Waals surface area contributed by atoms with Gasteiger partial charge in [-0.1, -0.05) is 31.9 Å². The Kier molecular flexibility index (Phi) is 6.30. The topological polar surface area (TPSA) is 34.0 Å². The molecule has 0 saturated carbocycles. The summed E-state index contributed by atoms with van der Waals surface area (Å²) in [7, 11) is 0. The van der Waals surface area contributed by atoms with Gasteiger partial charge in [0, 0.05) is 17.9 Å². The lowest BCUT2D eigenvalue weighted by molar-refractivity contribution is 0.0952. The molecule has 0 saturated heterocycles. The zero-order chi connectivity index (χ0) is 20.1. The van der Waals surface area contributed by atoms with Crippen LogP contribution in [0.25, 0.3) is 16.9 Å². The lowest BCUT2D eigenvalue weighted by Crippen LogP contribution is -2.24. The van der Waals surface area contributed by atoms with Gasteiger partial charge >= 0.3 is 0 Å². The van der Waals surface area contributed by atoms with Crippen molar-refractivity contribution in [2.24, 2.45) is 0 Å². The molecule has 0 aliphatic heterocycles. The van der Waals surface area contributed by atoms with Crippen molar-refractivity contribution in [2.75, 3.05) is 6.54 Å². The summed E-state index contributed by atoms with van der Waals surface area (Å²) in [5.41, 5.74) is 5.40. The number of aromatic nitrogens is 1. The number of unbranched alkanes of at least 4 members (excludes halogenated alkanes) is 2. The van der Waals surface area contributed by atoms with Gasteiger partial charge in [-0.3, -0.25) is 4.79 Å². The van der Waals surface area contributed by atoms with Gasteiger partial charge in [0.1, 0.15) is 5.82 Å². The summed E-state index contributed by atoms with van der Waals surface area (Å²) < 4.78 is 15.5. The number of amides is 1. The van der Waals surface area contributed by atoms with Crippen molar-refractivity contribution in [3.8, 4) is 16.9 Å². The number of halogens is 1. The summed E-state index contributed by atoms with van der Waals surface area (Å²) >= 11 is 0. The van der Waals surface area contributed by atoms with Gasteiger partial charge in [0.25, 0.3) is 5.91 Å². The smallest absolute Gasteiger partial charge is 0.253 e. The van der Waals surface area contributed by atoms with Gasteiger partial charge in [-0.2, -0.15) is 0 Å². The third-order valence-electron chi connectivity index (χ3n) is 4.96. The minimum atomic E-state index is -0.275. The molecule has 1 amide bonds. The first-order valence-electron chi connectivity index (χ1n) is 9.84. The molecule has 3 nitrogen and oxygen atoms in total. The summed E-state index contributed by atoms with van der Waals surface area (Å²) in [5.74, 6) is -0.341. The van der Waals surface area contributed by atoms with Crippen molar-refractivity contribution in [1.29, 1.82) is 0 Å².